The zero-order valence-corrected chi connectivity index (χ0v) is 12.1. The highest BCUT2D eigenvalue weighted by molar-refractivity contribution is 5.77. The molecule has 4 heteroatoms. The molecule has 0 aliphatic heterocycles. The van der Waals surface area contributed by atoms with E-state index >= 15 is 0 Å². The normalized spacial score (nSPS) is 16.9. The molecule has 1 fully saturated rings. The average molecular weight is 276 g/mol. The number of ether oxygens (including phenoxy) is 1. The lowest BCUT2D eigenvalue weighted by Crippen LogP contribution is -2.36. The van der Waals surface area contributed by atoms with Crippen molar-refractivity contribution in [3.63, 3.8) is 0 Å². The SMILES string of the molecule is CCC(N)c1ccc(OCC(=O)NC2CCCC2)cc1. The van der Waals surface area contributed by atoms with Gasteiger partial charge in [0.2, 0.25) is 0 Å². The smallest absolute Gasteiger partial charge is 0.258 e. The van der Waals surface area contributed by atoms with E-state index in [-0.39, 0.29) is 18.6 Å². The summed E-state index contributed by atoms with van der Waals surface area (Å²) in [5, 5.41) is 3.00. The van der Waals surface area contributed by atoms with Crippen LogP contribution in [0, 0.1) is 0 Å². The summed E-state index contributed by atoms with van der Waals surface area (Å²) < 4.78 is 5.49. The van der Waals surface area contributed by atoms with Crippen molar-refractivity contribution in [2.24, 2.45) is 5.73 Å². The Bertz CT molecular complexity index is 425. The van der Waals surface area contributed by atoms with Gasteiger partial charge in [0.25, 0.3) is 5.91 Å². The van der Waals surface area contributed by atoms with Crippen LogP contribution in [0.3, 0.4) is 0 Å². The zero-order chi connectivity index (χ0) is 14.4. The van der Waals surface area contributed by atoms with Gasteiger partial charge < -0.3 is 15.8 Å². The standard InChI is InChI=1S/C16H24N2O2/c1-2-15(17)12-7-9-14(10-8-12)20-11-16(19)18-13-5-3-4-6-13/h7-10,13,15H,2-6,11,17H2,1H3,(H,18,19). The van der Waals surface area contributed by atoms with Gasteiger partial charge in [0.1, 0.15) is 5.75 Å². The molecule has 20 heavy (non-hydrogen) atoms. The lowest BCUT2D eigenvalue weighted by atomic mass is 10.1. The average Bonchev–Trinajstić information content (AvgIpc) is 2.97. The molecule has 0 bridgehead atoms. The van der Waals surface area contributed by atoms with Crippen LogP contribution in [-0.4, -0.2) is 18.6 Å². The monoisotopic (exact) mass is 276 g/mol. The van der Waals surface area contributed by atoms with E-state index in [0.29, 0.717) is 11.8 Å². The summed E-state index contributed by atoms with van der Waals surface area (Å²) in [5.74, 6) is 0.671. The molecule has 1 aromatic rings. The van der Waals surface area contributed by atoms with Gasteiger partial charge in [-0.05, 0) is 37.0 Å². The number of carbonyl (C=O) groups excluding carboxylic acids is 1. The van der Waals surface area contributed by atoms with Crippen LogP contribution in [0.2, 0.25) is 0 Å². The van der Waals surface area contributed by atoms with Gasteiger partial charge in [-0.1, -0.05) is 31.9 Å². The van der Waals surface area contributed by atoms with E-state index in [9.17, 15) is 4.79 Å². The first-order valence-electron chi connectivity index (χ1n) is 7.46. The lowest BCUT2D eigenvalue weighted by Gasteiger charge is -2.13. The second kappa shape index (κ2) is 7.29. The Kier molecular flexibility index (Phi) is 5.41. The van der Waals surface area contributed by atoms with E-state index in [0.717, 1.165) is 24.8 Å². The van der Waals surface area contributed by atoms with E-state index in [4.69, 9.17) is 10.5 Å². The molecule has 1 atom stereocenters. The van der Waals surface area contributed by atoms with Crippen LogP contribution in [0.5, 0.6) is 5.75 Å². The van der Waals surface area contributed by atoms with E-state index in [2.05, 4.69) is 12.2 Å². The molecule has 1 aliphatic carbocycles. The molecule has 3 N–H and O–H groups in total. The van der Waals surface area contributed by atoms with Gasteiger partial charge in [0.05, 0.1) is 0 Å². The number of nitrogens with one attached hydrogen (secondary N) is 1. The Labute approximate surface area is 120 Å². The summed E-state index contributed by atoms with van der Waals surface area (Å²) in [5.41, 5.74) is 7.05. The van der Waals surface area contributed by atoms with Gasteiger partial charge in [-0.3, -0.25) is 4.79 Å². The minimum atomic E-state index is -0.0359. The molecule has 1 unspecified atom stereocenters. The fraction of sp³-hybridized carbons (Fsp3) is 0.562. The number of rotatable bonds is 6. The second-order valence-corrected chi connectivity index (χ2v) is 5.42. The van der Waals surface area contributed by atoms with E-state index in [1.54, 1.807) is 0 Å². The Balaban J connectivity index is 1.77. The Morgan fingerprint density at radius 2 is 2.00 bits per heavy atom. The van der Waals surface area contributed by atoms with Crippen LogP contribution in [0.25, 0.3) is 0 Å². The summed E-state index contributed by atoms with van der Waals surface area (Å²) in [6.45, 7) is 2.14. The van der Waals surface area contributed by atoms with Crippen molar-refractivity contribution in [1.82, 2.24) is 5.32 Å². The fourth-order valence-corrected chi connectivity index (χ4v) is 2.54. The van der Waals surface area contributed by atoms with Gasteiger partial charge in [0, 0.05) is 12.1 Å². The molecule has 0 spiro atoms. The number of nitrogens with two attached hydrogens (primary N) is 1. The molecule has 4 nitrogen and oxygen atoms in total. The summed E-state index contributed by atoms with van der Waals surface area (Å²) in [6, 6.07) is 8.06. The summed E-state index contributed by atoms with van der Waals surface area (Å²) in [4.78, 5) is 11.7. The number of hydrogen-bond acceptors (Lipinski definition) is 3. The quantitative estimate of drug-likeness (QED) is 0.839. The van der Waals surface area contributed by atoms with Crippen molar-refractivity contribution in [2.45, 2.75) is 51.1 Å². The van der Waals surface area contributed by atoms with Crippen LogP contribution in [0.15, 0.2) is 24.3 Å². The largest absolute Gasteiger partial charge is 0.484 e. The number of hydrogen-bond donors (Lipinski definition) is 2. The Hall–Kier alpha value is -1.55. The summed E-state index contributed by atoms with van der Waals surface area (Å²) in [7, 11) is 0. The highest BCUT2D eigenvalue weighted by atomic mass is 16.5. The maximum absolute atomic E-state index is 11.7. The first-order chi connectivity index (χ1) is 9.69. The molecular formula is C16H24N2O2. The summed E-state index contributed by atoms with van der Waals surface area (Å²) >= 11 is 0. The first-order valence-corrected chi connectivity index (χ1v) is 7.46. The molecule has 110 valence electrons. The Morgan fingerprint density at radius 1 is 1.35 bits per heavy atom. The van der Waals surface area contributed by atoms with E-state index in [1.807, 2.05) is 24.3 Å². The Morgan fingerprint density at radius 3 is 2.60 bits per heavy atom. The maximum atomic E-state index is 11.7. The van der Waals surface area contributed by atoms with Crippen molar-refractivity contribution in [2.75, 3.05) is 6.61 Å². The molecule has 1 aromatic carbocycles. The number of amides is 1. The topological polar surface area (TPSA) is 64.3 Å². The molecular weight excluding hydrogens is 252 g/mol. The molecule has 2 rings (SSSR count). The van der Waals surface area contributed by atoms with E-state index in [1.165, 1.54) is 12.8 Å². The van der Waals surface area contributed by atoms with Crippen molar-refractivity contribution in [1.29, 1.82) is 0 Å². The van der Waals surface area contributed by atoms with Crippen LogP contribution >= 0.6 is 0 Å². The number of carbonyl (C=O) groups is 1. The van der Waals surface area contributed by atoms with E-state index < -0.39 is 0 Å². The van der Waals surface area contributed by atoms with Crippen LogP contribution in [0.1, 0.15) is 50.6 Å². The number of benzene rings is 1. The summed E-state index contributed by atoms with van der Waals surface area (Å²) in [6.07, 6.45) is 5.52. The first kappa shape index (κ1) is 14.9. The zero-order valence-electron chi connectivity index (χ0n) is 12.1. The predicted molar refractivity (Wildman–Crippen MR) is 79.6 cm³/mol. The van der Waals surface area contributed by atoms with Gasteiger partial charge in [-0.2, -0.15) is 0 Å². The van der Waals surface area contributed by atoms with Crippen molar-refractivity contribution >= 4 is 5.91 Å². The molecule has 1 saturated carbocycles. The van der Waals surface area contributed by atoms with Crippen LogP contribution < -0.4 is 15.8 Å². The van der Waals surface area contributed by atoms with Crippen LogP contribution in [-0.2, 0) is 4.79 Å². The van der Waals surface area contributed by atoms with Crippen molar-refractivity contribution in [3.8, 4) is 5.75 Å². The van der Waals surface area contributed by atoms with Gasteiger partial charge >= 0.3 is 0 Å². The van der Waals surface area contributed by atoms with Gasteiger partial charge in [0.15, 0.2) is 6.61 Å². The lowest BCUT2D eigenvalue weighted by molar-refractivity contribution is -0.123. The van der Waals surface area contributed by atoms with Gasteiger partial charge in [-0.25, -0.2) is 0 Å². The predicted octanol–water partition coefficient (Wildman–Crippen LogP) is 2.53. The molecule has 0 heterocycles. The minimum Gasteiger partial charge on any atom is -0.484 e. The van der Waals surface area contributed by atoms with Crippen molar-refractivity contribution < 1.29 is 9.53 Å². The maximum Gasteiger partial charge on any atom is 0.258 e. The highest BCUT2D eigenvalue weighted by Crippen LogP contribution is 2.19. The third-order valence-electron chi connectivity index (χ3n) is 3.84. The second-order valence-electron chi connectivity index (χ2n) is 5.42. The highest BCUT2D eigenvalue weighted by Gasteiger charge is 2.17. The minimum absolute atomic E-state index is 0.0359. The van der Waals surface area contributed by atoms with Crippen LogP contribution in [0.4, 0.5) is 0 Å². The molecule has 1 aliphatic rings. The third kappa shape index (κ3) is 4.23. The third-order valence-corrected chi connectivity index (χ3v) is 3.84. The molecule has 0 aromatic heterocycles. The van der Waals surface area contributed by atoms with Crippen molar-refractivity contribution in [3.05, 3.63) is 29.8 Å². The molecule has 0 radical (unpaired) electrons. The fourth-order valence-electron chi connectivity index (χ4n) is 2.54. The molecule has 1 amide bonds. The van der Waals surface area contributed by atoms with Gasteiger partial charge in [-0.15, -0.1) is 0 Å². The molecule has 0 saturated heterocycles.